The molecule has 0 unspecified atom stereocenters. The van der Waals surface area contributed by atoms with E-state index < -0.39 is 6.09 Å². The molecule has 0 saturated heterocycles. The number of anilines is 2. The molecule has 3 N–H and O–H groups in total. The molecule has 168 valence electrons. The molecular formula is C26H22N6O2. The largest absolute Gasteiger partial charge is 0.465 e. The second-order valence-electron chi connectivity index (χ2n) is 8.29. The van der Waals surface area contributed by atoms with Crippen LogP contribution in [0.25, 0.3) is 33.3 Å². The number of aromatic nitrogens is 4. The number of hydrogen-bond donors (Lipinski definition) is 3. The van der Waals surface area contributed by atoms with Crippen molar-refractivity contribution < 1.29 is 9.90 Å². The van der Waals surface area contributed by atoms with Crippen molar-refractivity contribution in [3.63, 3.8) is 0 Å². The van der Waals surface area contributed by atoms with Crippen molar-refractivity contribution in [3.8, 4) is 5.69 Å². The van der Waals surface area contributed by atoms with E-state index >= 15 is 0 Å². The van der Waals surface area contributed by atoms with Crippen LogP contribution in [0.5, 0.6) is 0 Å². The molecule has 1 aliphatic heterocycles. The third kappa shape index (κ3) is 3.55. The number of carbonyl (C=O) groups is 1. The molecule has 2 aromatic carbocycles. The van der Waals surface area contributed by atoms with E-state index in [-0.39, 0.29) is 0 Å². The van der Waals surface area contributed by atoms with Gasteiger partial charge in [-0.25, -0.2) is 14.8 Å². The van der Waals surface area contributed by atoms with Gasteiger partial charge < -0.3 is 20.3 Å². The van der Waals surface area contributed by atoms with E-state index in [1.807, 2.05) is 48.8 Å². The first-order chi connectivity index (χ1) is 16.7. The summed E-state index contributed by atoms with van der Waals surface area (Å²) in [5.74, 6) is 0. The Bertz CT molecular complexity index is 1550. The Morgan fingerprint density at radius 2 is 1.94 bits per heavy atom. The van der Waals surface area contributed by atoms with Crippen LogP contribution in [0.3, 0.4) is 0 Å². The van der Waals surface area contributed by atoms with Crippen LogP contribution in [0.4, 0.5) is 16.2 Å². The molecule has 5 aromatic rings. The number of aromatic amines is 1. The fourth-order valence-electron chi connectivity index (χ4n) is 4.43. The van der Waals surface area contributed by atoms with Gasteiger partial charge in [-0.2, -0.15) is 0 Å². The number of imidazole rings is 1. The van der Waals surface area contributed by atoms with Crippen molar-refractivity contribution in [1.29, 1.82) is 0 Å². The van der Waals surface area contributed by atoms with Crippen molar-refractivity contribution in [3.05, 3.63) is 85.0 Å². The molecular weight excluding hydrogens is 428 g/mol. The molecule has 8 nitrogen and oxygen atoms in total. The van der Waals surface area contributed by atoms with E-state index in [4.69, 9.17) is 0 Å². The van der Waals surface area contributed by atoms with Crippen LogP contribution >= 0.6 is 0 Å². The van der Waals surface area contributed by atoms with Gasteiger partial charge in [-0.1, -0.05) is 24.3 Å². The Balaban J connectivity index is 1.33. The van der Waals surface area contributed by atoms with E-state index in [9.17, 15) is 9.90 Å². The molecule has 0 atom stereocenters. The predicted octanol–water partition coefficient (Wildman–Crippen LogP) is 5.41. The highest BCUT2D eigenvalue weighted by molar-refractivity contribution is 5.95. The van der Waals surface area contributed by atoms with Crippen LogP contribution in [0.1, 0.15) is 12.1 Å². The number of hydrogen-bond acceptors (Lipinski definition) is 4. The van der Waals surface area contributed by atoms with Crippen molar-refractivity contribution in [1.82, 2.24) is 24.4 Å². The first-order valence-electron chi connectivity index (χ1n) is 11.1. The van der Waals surface area contributed by atoms with E-state index in [2.05, 4.69) is 49.1 Å². The average Bonchev–Trinajstić information content (AvgIpc) is 3.49. The molecule has 0 fully saturated rings. The zero-order chi connectivity index (χ0) is 23.1. The fourth-order valence-corrected chi connectivity index (χ4v) is 4.43. The van der Waals surface area contributed by atoms with Crippen molar-refractivity contribution >= 4 is 45.1 Å². The minimum atomic E-state index is -0.884. The summed E-state index contributed by atoms with van der Waals surface area (Å²) < 4.78 is 2.08. The maximum Gasteiger partial charge on any atom is 0.407 e. The quantitative estimate of drug-likeness (QED) is 0.340. The van der Waals surface area contributed by atoms with E-state index in [0.717, 1.165) is 50.4 Å². The van der Waals surface area contributed by atoms with Crippen LogP contribution < -0.4 is 5.32 Å². The third-order valence-electron chi connectivity index (χ3n) is 6.22. The molecule has 6 rings (SSSR count). The average molecular weight is 451 g/mol. The molecule has 0 spiro atoms. The van der Waals surface area contributed by atoms with Crippen molar-refractivity contribution in [2.24, 2.45) is 0 Å². The van der Waals surface area contributed by atoms with Gasteiger partial charge in [0.15, 0.2) is 0 Å². The Hall–Kier alpha value is -4.59. The van der Waals surface area contributed by atoms with E-state index in [1.54, 1.807) is 6.20 Å². The molecule has 1 aliphatic rings. The summed E-state index contributed by atoms with van der Waals surface area (Å²) in [5.41, 5.74) is 7.78. The highest BCUT2D eigenvalue weighted by Gasteiger charge is 2.18. The highest BCUT2D eigenvalue weighted by Crippen LogP contribution is 2.31. The summed E-state index contributed by atoms with van der Waals surface area (Å²) in [6.07, 6.45) is 5.37. The van der Waals surface area contributed by atoms with Gasteiger partial charge in [-0.3, -0.25) is 4.57 Å². The topological polar surface area (TPSA) is 99.1 Å². The van der Waals surface area contributed by atoms with Crippen LogP contribution in [0.2, 0.25) is 0 Å². The van der Waals surface area contributed by atoms with Crippen LogP contribution in [-0.4, -0.2) is 48.7 Å². The standard InChI is InChI=1S/C26H22N6O2/c33-26(34)31-12-9-17(10-13-31)23-15-20-21(8-11-27-25(20)30-23)29-18-6-7-22-24(14-18)32(16-28-22)19-4-2-1-3-5-19/h1-9,11,14-16H,10,12-13H2,(H,33,34)(H2,27,29,30). The lowest BCUT2D eigenvalue weighted by molar-refractivity contribution is 0.150. The molecule has 8 heteroatoms. The summed E-state index contributed by atoms with van der Waals surface area (Å²) in [4.78, 5) is 25.0. The zero-order valence-corrected chi connectivity index (χ0v) is 18.3. The third-order valence-corrected chi connectivity index (χ3v) is 6.22. The molecule has 34 heavy (non-hydrogen) atoms. The maximum absolute atomic E-state index is 11.2. The number of benzene rings is 2. The summed E-state index contributed by atoms with van der Waals surface area (Å²) in [5, 5.41) is 13.7. The van der Waals surface area contributed by atoms with Gasteiger partial charge in [0.2, 0.25) is 0 Å². The fraction of sp³-hybridized carbons (Fsp3) is 0.115. The SMILES string of the molecule is O=C(O)N1CC=C(c2cc3c(Nc4ccc5ncn(-c6ccccc6)c5c4)ccnc3[nH]2)CC1. The first kappa shape index (κ1) is 20.0. The minimum absolute atomic E-state index is 0.397. The Kier molecular flexibility index (Phi) is 4.76. The van der Waals surface area contributed by atoms with Gasteiger partial charge in [0.25, 0.3) is 0 Å². The number of nitrogens with zero attached hydrogens (tertiary/aromatic N) is 4. The first-order valence-corrected chi connectivity index (χ1v) is 11.1. The number of rotatable bonds is 4. The number of para-hydroxylation sites is 1. The number of amides is 1. The number of carboxylic acid groups (broad SMARTS) is 1. The second-order valence-corrected chi connectivity index (χ2v) is 8.29. The normalized spacial score (nSPS) is 13.9. The monoisotopic (exact) mass is 450 g/mol. The zero-order valence-electron chi connectivity index (χ0n) is 18.3. The van der Waals surface area contributed by atoms with E-state index in [1.165, 1.54) is 4.90 Å². The Labute approximate surface area is 195 Å². The van der Waals surface area contributed by atoms with Crippen molar-refractivity contribution in [2.75, 3.05) is 18.4 Å². The maximum atomic E-state index is 11.2. The number of H-pyrrole nitrogens is 1. The Morgan fingerprint density at radius 3 is 2.74 bits per heavy atom. The lowest BCUT2D eigenvalue weighted by Crippen LogP contribution is -2.33. The molecule has 1 amide bonds. The lowest BCUT2D eigenvalue weighted by Gasteiger charge is -2.23. The van der Waals surface area contributed by atoms with Gasteiger partial charge in [0, 0.05) is 41.7 Å². The number of fused-ring (bicyclic) bond motifs is 2. The van der Waals surface area contributed by atoms with Crippen LogP contribution in [-0.2, 0) is 0 Å². The van der Waals surface area contributed by atoms with Gasteiger partial charge >= 0.3 is 6.09 Å². The number of nitrogens with one attached hydrogen (secondary N) is 2. The summed E-state index contributed by atoms with van der Waals surface area (Å²) in [6.45, 7) is 0.887. The molecule has 4 heterocycles. The van der Waals surface area contributed by atoms with Gasteiger partial charge in [-0.15, -0.1) is 0 Å². The van der Waals surface area contributed by atoms with Gasteiger partial charge in [-0.05, 0) is 54.5 Å². The molecule has 3 aromatic heterocycles. The predicted molar refractivity (Wildman–Crippen MR) is 133 cm³/mol. The smallest absolute Gasteiger partial charge is 0.407 e. The van der Waals surface area contributed by atoms with E-state index in [0.29, 0.717) is 19.5 Å². The summed E-state index contributed by atoms with van der Waals surface area (Å²) in [6, 6.07) is 20.3. The van der Waals surface area contributed by atoms with Gasteiger partial charge in [0.1, 0.15) is 12.0 Å². The summed E-state index contributed by atoms with van der Waals surface area (Å²) in [7, 11) is 0. The second kappa shape index (κ2) is 8.08. The lowest BCUT2D eigenvalue weighted by atomic mass is 10.1. The molecule has 0 aliphatic carbocycles. The minimum Gasteiger partial charge on any atom is -0.465 e. The van der Waals surface area contributed by atoms with Crippen LogP contribution in [0, 0.1) is 0 Å². The molecule has 0 bridgehead atoms. The highest BCUT2D eigenvalue weighted by atomic mass is 16.4. The van der Waals surface area contributed by atoms with Crippen molar-refractivity contribution in [2.45, 2.75) is 6.42 Å². The number of pyridine rings is 1. The molecule has 0 saturated carbocycles. The van der Waals surface area contributed by atoms with Crippen LogP contribution in [0.15, 0.2) is 79.3 Å². The summed E-state index contributed by atoms with van der Waals surface area (Å²) >= 11 is 0. The Morgan fingerprint density at radius 1 is 1.06 bits per heavy atom. The van der Waals surface area contributed by atoms with Gasteiger partial charge in [0.05, 0.1) is 16.7 Å². The molecule has 0 radical (unpaired) electrons.